The van der Waals surface area contributed by atoms with Crippen LogP contribution in [0, 0.1) is 5.92 Å². The van der Waals surface area contributed by atoms with E-state index in [0.717, 1.165) is 29.7 Å². The quantitative estimate of drug-likeness (QED) is 0.489. The summed E-state index contributed by atoms with van der Waals surface area (Å²) in [6, 6.07) is 4.50. The molecule has 1 heterocycles. The van der Waals surface area contributed by atoms with Crippen molar-refractivity contribution in [2.24, 2.45) is 5.92 Å². The summed E-state index contributed by atoms with van der Waals surface area (Å²) in [5, 5.41) is 9.32. The predicted octanol–water partition coefficient (Wildman–Crippen LogP) is 4.46. The molecule has 1 aromatic carbocycles. The Morgan fingerprint density at radius 2 is 2.00 bits per heavy atom. The maximum Gasteiger partial charge on any atom is 0.341 e. The monoisotopic (exact) mass is 473 g/mol. The van der Waals surface area contributed by atoms with Crippen molar-refractivity contribution in [2.45, 2.75) is 53.0 Å². The lowest BCUT2D eigenvalue weighted by atomic mass is 9.88. The molecular weight excluding hydrogens is 442 g/mol. The lowest BCUT2D eigenvalue weighted by molar-refractivity contribution is -0.116. The molecule has 3 N–H and O–H groups in total. The number of hydrogen-bond donors (Lipinski definition) is 3. The van der Waals surface area contributed by atoms with E-state index in [4.69, 9.17) is 9.47 Å². The van der Waals surface area contributed by atoms with Gasteiger partial charge in [-0.1, -0.05) is 6.92 Å². The zero-order valence-electron chi connectivity index (χ0n) is 19.7. The molecule has 1 aromatic heterocycles. The molecule has 3 rings (SSSR count). The Morgan fingerprint density at radius 3 is 2.67 bits per heavy atom. The first kappa shape index (κ1) is 24.6. The third-order valence-corrected chi connectivity index (χ3v) is 6.68. The molecule has 9 heteroatoms. The number of fused-ring (bicyclic) bond motifs is 1. The van der Waals surface area contributed by atoms with Gasteiger partial charge in [0.1, 0.15) is 16.8 Å². The largest absolute Gasteiger partial charge is 0.495 e. The molecule has 1 aliphatic rings. The van der Waals surface area contributed by atoms with Crippen LogP contribution < -0.4 is 20.7 Å². The van der Waals surface area contributed by atoms with Gasteiger partial charge in [-0.25, -0.2) is 4.79 Å². The highest BCUT2D eigenvalue weighted by Crippen LogP contribution is 2.40. The zero-order valence-corrected chi connectivity index (χ0v) is 20.5. The summed E-state index contributed by atoms with van der Waals surface area (Å²) in [5.41, 5.74) is 2.63. The van der Waals surface area contributed by atoms with Crippen LogP contribution in [0.3, 0.4) is 0 Å². The van der Waals surface area contributed by atoms with Gasteiger partial charge in [0.25, 0.3) is 0 Å². The molecule has 0 radical (unpaired) electrons. The summed E-state index contributed by atoms with van der Waals surface area (Å²) < 4.78 is 10.7. The average Bonchev–Trinajstić information content (AvgIpc) is 3.10. The Balaban J connectivity index is 1.81. The van der Waals surface area contributed by atoms with Crippen LogP contribution in [0.4, 0.5) is 16.4 Å². The molecular formula is C24H31N3O5S. The first-order valence-electron chi connectivity index (χ1n) is 11.1. The van der Waals surface area contributed by atoms with E-state index in [2.05, 4.69) is 22.9 Å². The normalized spacial score (nSPS) is 15.7. The van der Waals surface area contributed by atoms with Crippen LogP contribution >= 0.6 is 11.3 Å². The van der Waals surface area contributed by atoms with Crippen LogP contribution in [0.5, 0.6) is 5.75 Å². The molecule has 2 aromatic rings. The molecule has 2 atom stereocenters. The number of amides is 2. The Labute approximate surface area is 198 Å². The number of benzene rings is 1. The topological polar surface area (TPSA) is 106 Å². The van der Waals surface area contributed by atoms with Crippen molar-refractivity contribution < 1.29 is 23.9 Å². The van der Waals surface area contributed by atoms with Gasteiger partial charge in [0.2, 0.25) is 11.8 Å². The minimum absolute atomic E-state index is 0.195. The SMILES string of the molecule is CCOC(=O)c1c(NC(=O)C(C)Nc2cc(NC(C)=O)ccc2OC)sc2c1CCC(C)C2. The molecule has 8 nitrogen and oxygen atoms in total. The van der Waals surface area contributed by atoms with Gasteiger partial charge < -0.3 is 25.4 Å². The average molecular weight is 474 g/mol. The Morgan fingerprint density at radius 1 is 1.24 bits per heavy atom. The molecule has 178 valence electrons. The predicted molar refractivity (Wildman–Crippen MR) is 130 cm³/mol. The van der Waals surface area contributed by atoms with Gasteiger partial charge in [0.05, 0.1) is 25.0 Å². The molecule has 0 saturated carbocycles. The van der Waals surface area contributed by atoms with E-state index >= 15 is 0 Å². The number of esters is 1. The fourth-order valence-electron chi connectivity index (χ4n) is 3.88. The number of carbonyl (C=O) groups is 3. The molecule has 0 saturated heterocycles. The van der Waals surface area contributed by atoms with E-state index in [1.165, 1.54) is 25.4 Å². The molecule has 33 heavy (non-hydrogen) atoms. The van der Waals surface area contributed by atoms with E-state index in [9.17, 15) is 14.4 Å². The van der Waals surface area contributed by atoms with Crippen LogP contribution in [-0.4, -0.2) is 37.5 Å². The van der Waals surface area contributed by atoms with Crippen LogP contribution in [-0.2, 0) is 27.2 Å². The summed E-state index contributed by atoms with van der Waals surface area (Å²) in [6.45, 7) is 7.38. The minimum atomic E-state index is -0.639. The van der Waals surface area contributed by atoms with E-state index in [1.807, 2.05) is 0 Å². The lowest BCUT2D eigenvalue weighted by Gasteiger charge is -2.19. The van der Waals surface area contributed by atoms with Crippen molar-refractivity contribution in [1.82, 2.24) is 0 Å². The maximum atomic E-state index is 13.1. The number of hydrogen-bond acceptors (Lipinski definition) is 7. The van der Waals surface area contributed by atoms with Crippen LogP contribution in [0.2, 0.25) is 0 Å². The van der Waals surface area contributed by atoms with Crippen LogP contribution in [0.15, 0.2) is 18.2 Å². The number of methoxy groups -OCH3 is 1. The van der Waals surface area contributed by atoms with Gasteiger partial charge in [-0.15, -0.1) is 11.3 Å². The van der Waals surface area contributed by atoms with E-state index in [1.54, 1.807) is 32.0 Å². The number of anilines is 3. The van der Waals surface area contributed by atoms with Gasteiger partial charge in [-0.05, 0) is 62.8 Å². The molecule has 1 aliphatic carbocycles. The second kappa shape index (κ2) is 10.7. The second-order valence-electron chi connectivity index (χ2n) is 8.23. The van der Waals surface area contributed by atoms with Crippen LogP contribution in [0.1, 0.15) is 54.9 Å². The number of nitrogens with one attached hydrogen (secondary N) is 3. The maximum absolute atomic E-state index is 13.1. The summed E-state index contributed by atoms with van der Waals surface area (Å²) in [6.07, 6.45) is 2.70. The van der Waals surface area contributed by atoms with Gasteiger partial charge in [-0.2, -0.15) is 0 Å². The highest BCUT2D eigenvalue weighted by Gasteiger charge is 2.30. The van der Waals surface area contributed by atoms with Gasteiger partial charge in [0, 0.05) is 17.5 Å². The molecule has 0 spiro atoms. The summed E-state index contributed by atoms with van der Waals surface area (Å²) in [4.78, 5) is 38.3. The van der Waals surface area contributed by atoms with Gasteiger partial charge >= 0.3 is 5.97 Å². The third kappa shape index (κ3) is 5.84. The van der Waals surface area contributed by atoms with Crippen molar-refractivity contribution in [3.63, 3.8) is 0 Å². The Hall–Kier alpha value is -3.07. The molecule has 0 fully saturated rings. The van der Waals surface area contributed by atoms with Crippen molar-refractivity contribution in [3.05, 3.63) is 34.2 Å². The molecule has 0 aliphatic heterocycles. The van der Waals surface area contributed by atoms with Gasteiger partial charge in [-0.3, -0.25) is 9.59 Å². The van der Waals surface area contributed by atoms with Crippen molar-refractivity contribution in [1.29, 1.82) is 0 Å². The van der Waals surface area contributed by atoms with Crippen molar-refractivity contribution >= 4 is 45.5 Å². The van der Waals surface area contributed by atoms with Crippen molar-refractivity contribution in [3.8, 4) is 5.75 Å². The fourth-order valence-corrected chi connectivity index (χ4v) is 5.28. The molecule has 0 bridgehead atoms. The highest BCUT2D eigenvalue weighted by molar-refractivity contribution is 7.17. The first-order chi connectivity index (χ1) is 15.7. The summed E-state index contributed by atoms with van der Waals surface area (Å²) in [7, 11) is 1.53. The van der Waals surface area contributed by atoms with Crippen LogP contribution in [0.25, 0.3) is 0 Å². The Kier molecular flexibility index (Phi) is 7.97. The standard InChI is InChI=1S/C24H31N3O5S/c1-6-32-24(30)21-17-9-7-13(2)11-20(17)33-23(21)27-22(29)14(3)25-18-12-16(26-15(4)28)8-10-19(18)31-5/h8,10,12-14,25H,6-7,9,11H2,1-5H3,(H,26,28)(H,27,29). The summed E-state index contributed by atoms with van der Waals surface area (Å²) in [5.74, 6) is 0.193. The number of carbonyl (C=O) groups excluding carboxylic acids is 3. The molecule has 2 unspecified atom stereocenters. The smallest absolute Gasteiger partial charge is 0.341 e. The van der Waals surface area contributed by atoms with Crippen molar-refractivity contribution in [2.75, 3.05) is 29.7 Å². The zero-order chi connectivity index (χ0) is 24.1. The lowest BCUT2D eigenvalue weighted by Crippen LogP contribution is -2.32. The number of thiophene rings is 1. The second-order valence-corrected chi connectivity index (χ2v) is 9.33. The fraction of sp³-hybridized carbons (Fsp3) is 0.458. The number of ether oxygens (including phenoxy) is 2. The van der Waals surface area contributed by atoms with E-state index < -0.39 is 12.0 Å². The first-order valence-corrected chi connectivity index (χ1v) is 11.9. The van der Waals surface area contributed by atoms with E-state index in [-0.39, 0.29) is 18.4 Å². The Bertz CT molecular complexity index is 1050. The third-order valence-electron chi connectivity index (χ3n) is 5.51. The minimum Gasteiger partial charge on any atom is -0.495 e. The van der Waals surface area contributed by atoms with E-state index in [0.29, 0.717) is 33.6 Å². The highest BCUT2D eigenvalue weighted by atomic mass is 32.1. The summed E-state index contributed by atoms with van der Waals surface area (Å²) >= 11 is 1.46. The van der Waals surface area contributed by atoms with Gasteiger partial charge in [0.15, 0.2) is 0 Å². The number of rotatable bonds is 8. The molecule has 2 amide bonds.